The van der Waals surface area contributed by atoms with Crippen LogP contribution in [0.5, 0.6) is 0 Å². The molecule has 0 fully saturated rings. The number of thiophene rings is 1. The smallest absolute Gasteiger partial charge is 0.0562 e. The number of hydrogen-bond acceptors (Lipinski definition) is 1. The van der Waals surface area contributed by atoms with Gasteiger partial charge in [-0.15, -0.1) is 11.3 Å². The summed E-state index contributed by atoms with van der Waals surface area (Å²) >= 11 is 1.87. The minimum absolute atomic E-state index is 1.14. The van der Waals surface area contributed by atoms with E-state index in [4.69, 9.17) is 0 Å². The predicted octanol–water partition coefficient (Wildman–Crippen LogP) is 26.5. The van der Waals surface area contributed by atoms with Gasteiger partial charge in [0.1, 0.15) is 0 Å². The Hall–Kier alpha value is -13.1. The fraction of sp³-hybridized carbons (Fsp3) is 0. The van der Waals surface area contributed by atoms with Crippen molar-refractivity contribution < 1.29 is 0 Å². The van der Waals surface area contributed by atoms with Crippen LogP contribution in [0.15, 0.2) is 376 Å². The predicted molar refractivity (Wildman–Crippen MR) is 430 cm³/mol. The minimum Gasteiger partial charge on any atom is -0.309 e. The van der Waals surface area contributed by atoms with Crippen molar-refractivity contribution in [1.82, 2.24) is 18.3 Å². The fourth-order valence-electron chi connectivity index (χ4n) is 16.0. The van der Waals surface area contributed by atoms with Crippen molar-refractivity contribution in [2.24, 2.45) is 0 Å². The van der Waals surface area contributed by atoms with Crippen LogP contribution < -0.4 is 0 Å². The van der Waals surface area contributed by atoms with Crippen molar-refractivity contribution >= 4 is 119 Å². The van der Waals surface area contributed by atoms with Gasteiger partial charge in [0.25, 0.3) is 0 Å². The Kier molecular flexibility index (Phi) is 13.7. The lowest BCUT2D eigenvalue weighted by Crippen LogP contribution is -1.97. The van der Waals surface area contributed by atoms with Crippen LogP contribution in [0.3, 0.4) is 0 Å². The van der Waals surface area contributed by atoms with E-state index < -0.39 is 0 Å². The van der Waals surface area contributed by atoms with Gasteiger partial charge in [-0.1, -0.05) is 267 Å². The standard InChI is InChI=1S/C48H30N2S.C48H32N2/c1-2-11-31(12-3-1)33-13-10-14-34(27-33)32-21-23-35(24-22-32)49-43-18-7-4-15-37(43)41-30-46-42(29-45(41)49)38-16-5-8-19-44(38)50(46)36-25-26-40-39-17-6-9-20-47(39)51-48(40)28-36;1-3-15-33(16-4-1)35-19-13-21-37(29-35)49-45-27-11-9-25-41(45)43-31-44-42-26-10-12-28-46(42)50(48(44)32-47(43)49)38-22-14-20-36(30-38)40-24-8-7-23-39(40)34-17-5-2-6-18-34/h1-30H;1-32H. The zero-order valence-electron chi connectivity index (χ0n) is 55.0. The Bertz CT molecular complexity index is 6800. The van der Waals surface area contributed by atoms with Crippen molar-refractivity contribution in [1.29, 1.82) is 0 Å². The SMILES string of the molecule is c1ccc(-c2cccc(-c3ccc(-n4c5ccccc5c5cc6c(cc54)c4ccccc4n6-c4ccc5c(c4)sc4ccccc45)cc3)c2)cc1.c1ccc(-c2cccc(-n3c4ccccc4c4cc5c6ccccc6n(-c6cccc(-c7ccccc7-c7ccccc7)c6)c5cc43)c2)cc1. The maximum Gasteiger partial charge on any atom is 0.0562 e. The lowest BCUT2D eigenvalue weighted by molar-refractivity contribution is 1.16. The maximum atomic E-state index is 2.46. The molecule has 0 atom stereocenters. The molecule has 101 heavy (non-hydrogen) atoms. The molecule has 0 aliphatic carbocycles. The normalized spacial score (nSPS) is 11.8. The van der Waals surface area contributed by atoms with Gasteiger partial charge in [0, 0.05) is 86.0 Å². The largest absolute Gasteiger partial charge is 0.309 e. The highest BCUT2D eigenvalue weighted by Gasteiger charge is 2.22. The van der Waals surface area contributed by atoms with E-state index in [-0.39, 0.29) is 0 Å². The summed E-state index contributed by atoms with van der Waals surface area (Å²) in [5, 5.41) is 12.7. The van der Waals surface area contributed by atoms with Crippen LogP contribution >= 0.6 is 11.3 Å². The van der Waals surface area contributed by atoms with E-state index in [0.717, 1.165) is 17.1 Å². The van der Waals surface area contributed by atoms with Gasteiger partial charge >= 0.3 is 0 Å². The van der Waals surface area contributed by atoms with E-state index in [1.165, 1.54) is 169 Å². The molecule has 0 saturated carbocycles. The topological polar surface area (TPSA) is 19.7 Å². The summed E-state index contributed by atoms with van der Waals surface area (Å²) in [5.74, 6) is 0. The average molecular weight is 1300 g/mol. The Labute approximate surface area is 587 Å². The summed E-state index contributed by atoms with van der Waals surface area (Å²) < 4.78 is 12.4. The molecule has 4 nitrogen and oxygen atoms in total. The molecule has 5 aromatic heterocycles. The Morgan fingerprint density at radius 2 is 0.485 bits per heavy atom. The van der Waals surface area contributed by atoms with Gasteiger partial charge in [-0.2, -0.15) is 0 Å². The molecule has 0 unspecified atom stereocenters. The highest BCUT2D eigenvalue weighted by molar-refractivity contribution is 7.25. The zero-order valence-corrected chi connectivity index (χ0v) is 55.8. The highest BCUT2D eigenvalue weighted by Crippen LogP contribution is 2.45. The second-order valence-electron chi connectivity index (χ2n) is 26.3. The van der Waals surface area contributed by atoms with Crippen LogP contribution in [-0.2, 0) is 0 Å². The van der Waals surface area contributed by atoms with Gasteiger partial charge in [0.2, 0.25) is 0 Å². The molecule has 0 spiro atoms. The van der Waals surface area contributed by atoms with Crippen molar-refractivity contribution in [3.63, 3.8) is 0 Å². The number of benzene rings is 16. The highest BCUT2D eigenvalue weighted by atomic mass is 32.1. The van der Waals surface area contributed by atoms with Crippen LogP contribution in [0.25, 0.3) is 186 Å². The van der Waals surface area contributed by atoms with Gasteiger partial charge in [0.05, 0.1) is 44.1 Å². The minimum atomic E-state index is 1.14. The summed E-state index contributed by atoms with van der Waals surface area (Å²) in [6.45, 7) is 0. The van der Waals surface area contributed by atoms with E-state index in [0.29, 0.717) is 0 Å². The molecule has 0 aliphatic heterocycles. The Morgan fingerprint density at radius 3 is 1.01 bits per heavy atom. The fourth-order valence-corrected chi connectivity index (χ4v) is 17.2. The molecule has 0 amide bonds. The molecule has 21 aromatic rings. The molecule has 472 valence electrons. The third-order valence-corrected chi connectivity index (χ3v) is 21.8. The Balaban J connectivity index is 0.000000136. The molecule has 0 aliphatic rings. The molecule has 5 heteroatoms. The van der Waals surface area contributed by atoms with Crippen molar-refractivity contribution in [2.75, 3.05) is 0 Å². The van der Waals surface area contributed by atoms with Gasteiger partial charge in [0.15, 0.2) is 0 Å². The van der Waals surface area contributed by atoms with Crippen LogP contribution in [0, 0.1) is 0 Å². The summed E-state index contributed by atoms with van der Waals surface area (Å²) in [5.41, 5.74) is 26.5. The first-order valence-corrected chi connectivity index (χ1v) is 35.4. The molecule has 16 aromatic carbocycles. The van der Waals surface area contributed by atoms with E-state index in [2.05, 4.69) is 394 Å². The first-order valence-electron chi connectivity index (χ1n) is 34.6. The van der Waals surface area contributed by atoms with Gasteiger partial charge in [-0.3, -0.25) is 0 Å². The van der Waals surface area contributed by atoms with Crippen molar-refractivity contribution in [3.8, 4) is 78.4 Å². The number of rotatable bonds is 9. The monoisotopic (exact) mass is 1300 g/mol. The first-order chi connectivity index (χ1) is 50.1. The quantitative estimate of drug-likeness (QED) is 0.137. The second-order valence-corrected chi connectivity index (χ2v) is 27.4. The summed E-state index contributed by atoms with van der Waals surface area (Å²) in [6.07, 6.45) is 0. The number of fused-ring (bicyclic) bond motifs is 15. The van der Waals surface area contributed by atoms with Crippen LogP contribution in [0.4, 0.5) is 0 Å². The third-order valence-electron chi connectivity index (χ3n) is 20.6. The molecule has 21 rings (SSSR count). The van der Waals surface area contributed by atoms with Crippen molar-refractivity contribution in [2.45, 2.75) is 0 Å². The number of aromatic nitrogens is 4. The third kappa shape index (κ3) is 9.73. The zero-order chi connectivity index (χ0) is 66.5. The van der Waals surface area contributed by atoms with E-state index in [9.17, 15) is 0 Å². The molecule has 5 heterocycles. The van der Waals surface area contributed by atoms with E-state index >= 15 is 0 Å². The average Bonchev–Trinajstić information content (AvgIpc) is 1.56. The van der Waals surface area contributed by atoms with Crippen LogP contribution in [-0.4, -0.2) is 18.3 Å². The molecule has 0 radical (unpaired) electrons. The Morgan fingerprint density at radius 1 is 0.149 bits per heavy atom. The van der Waals surface area contributed by atoms with Gasteiger partial charge < -0.3 is 18.3 Å². The van der Waals surface area contributed by atoms with Crippen LogP contribution in [0.2, 0.25) is 0 Å². The van der Waals surface area contributed by atoms with Gasteiger partial charge in [-0.25, -0.2) is 0 Å². The number of para-hydroxylation sites is 4. The van der Waals surface area contributed by atoms with Crippen molar-refractivity contribution in [3.05, 3.63) is 376 Å². The molecule has 0 saturated heterocycles. The van der Waals surface area contributed by atoms with Gasteiger partial charge in [-0.05, 0) is 165 Å². The summed E-state index contributed by atoms with van der Waals surface area (Å²) in [6, 6.07) is 137. The van der Waals surface area contributed by atoms with Crippen LogP contribution in [0.1, 0.15) is 0 Å². The first kappa shape index (κ1) is 58.1. The maximum absolute atomic E-state index is 2.46. The lowest BCUT2D eigenvalue weighted by atomic mass is 9.94. The molecule has 0 N–H and O–H groups in total. The number of hydrogen-bond donors (Lipinski definition) is 0. The molecular formula is C96H62N4S. The summed E-state index contributed by atoms with van der Waals surface area (Å²) in [7, 11) is 0. The summed E-state index contributed by atoms with van der Waals surface area (Å²) in [4.78, 5) is 0. The second kappa shape index (κ2) is 23.9. The lowest BCUT2D eigenvalue weighted by Gasteiger charge is -2.14. The molecule has 0 bridgehead atoms. The molecular weight excluding hydrogens is 1240 g/mol. The van der Waals surface area contributed by atoms with E-state index in [1.807, 2.05) is 11.3 Å². The van der Waals surface area contributed by atoms with E-state index in [1.54, 1.807) is 0 Å². The number of nitrogens with zero attached hydrogens (tertiary/aromatic N) is 4.